The number of hydrogen-bond donors (Lipinski definition) is 4. The second-order valence-electron chi connectivity index (χ2n) is 8.99. The van der Waals surface area contributed by atoms with Crippen molar-refractivity contribution in [2.45, 2.75) is 69.4 Å². The molecule has 2 aliphatic rings. The standard InChI is InChI=1S/C23H35N3O5S/c27-21(28)15-26-14-17(20-6-3-13-32-20)7-8-18(22(26)29)25-19(23(30)31)5-2-1-4-16-9-11-24-12-10-16/h3,6,13,16-19,24-25H,1-2,4-5,7-12,14-15H2,(H,27,28)(H,30,31). The third-order valence-electron chi connectivity index (χ3n) is 6.64. The molecule has 9 heteroatoms. The summed E-state index contributed by atoms with van der Waals surface area (Å²) in [7, 11) is 0. The molecule has 8 nitrogen and oxygen atoms in total. The van der Waals surface area contributed by atoms with Crippen LogP contribution in [0.5, 0.6) is 0 Å². The zero-order valence-corrected chi connectivity index (χ0v) is 19.3. The Bertz CT molecular complexity index is 751. The predicted molar refractivity (Wildman–Crippen MR) is 123 cm³/mol. The summed E-state index contributed by atoms with van der Waals surface area (Å²) < 4.78 is 0. The number of carbonyl (C=O) groups is 3. The maximum atomic E-state index is 13.1. The second-order valence-corrected chi connectivity index (χ2v) is 9.97. The van der Waals surface area contributed by atoms with Crippen LogP contribution in [0.15, 0.2) is 17.5 Å². The summed E-state index contributed by atoms with van der Waals surface area (Å²) in [6, 6.07) is 2.48. The van der Waals surface area contributed by atoms with E-state index in [9.17, 15) is 24.6 Å². The van der Waals surface area contributed by atoms with E-state index in [1.54, 1.807) is 11.3 Å². The Kier molecular flexibility index (Phi) is 9.50. The van der Waals surface area contributed by atoms with Gasteiger partial charge in [-0.25, -0.2) is 0 Å². The van der Waals surface area contributed by atoms with Gasteiger partial charge < -0.3 is 20.4 Å². The summed E-state index contributed by atoms with van der Waals surface area (Å²) in [6.45, 7) is 2.10. The average molecular weight is 466 g/mol. The van der Waals surface area contributed by atoms with Crippen molar-refractivity contribution in [3.63, 3.8) is 0 Å². The monoisotopic (exact) mass is 465 g/mol. The molecule has 4 N–H and O–H groups in total. The van der Waals surface area contributed by atoms with Crippen LogP contribution in [0.2, 0.25) is 0 Å². The van der Waals surface area contributed by atoms with Crippen LogP contribution in [0.4, 0.5) is 0 Å². The number of amides is 1. The smallest absolute Gasteiger partial charge is 0.323 e. The zero-order valence-electron chi connectivity index (χ0n) is 18.5. The van der Waals surface area contributed by atoms with Gasteiger partial charge in [-0.3, -0.25) is 19.7 Å². The van der Waals surface area contributed by atoms with Crippen molar-refractivity contribution < 1.29 is 24.6 Å². The van der Waals surface area contributed by atoms with Crippen molar-refractivity contribution in [2.24, 2.45) is 5.92 Å². The molecule has 32 heavy (non-hydrogen) atoms. The van der Waals surface area contributed by atoms with E-state index in [0.29, 0.717) is 25.8 Å². The highest BCUT2D eigenvalue weighted by molar-refractivity contribution is 7.10. The van der Waals surface area contributed by atoms with Crippen LogP contribution in [-0.4, -0.2) is 71.2 Å². The topological polar surface area (TPSA) is 119 Å². The van der Waals surface area contributed by atoms with Gasteiger partial charge >= 0.3 is 11.9 Å². The third-order valence-corrected chi connectivity index (χ3v) is 7.68. The summed E-state index contributed by atoms with van der Waals surface area (Å²) in [5.74, 6) is -1.54. The first-order valence-electron chi connectivity index (χ1n) is 11.7. The van der Waals surface area contributed by atoms with Crippen molar-refractivity contribution in [1.29, 1.82) is 0 Å². The molecule has 2 saturated heterocycles. The minimum absolute atomic E-state index is 0.0679. The van der Waals surface area contributed by atoms with Gasteiger partial charge in [0.25, 0.3) is 0 Å². The number of likely N-dealkylation sites (tertiary alicyclic amines) is 1. The molecule has 3 rings (SSSR count). The van der Waals surface area contributed by atoms with Gasteiger partial charge in [0.15, 0.2) is 0 Å². The van der Waals surface area contributed by atoms with E-state index < -0.39 is 24.0 Å². The van der Waals surface area contributed by atoms with Crippen LogP contribution in [0.3, 0.4) is 0 Å². The average Bonchev–Trinajstić information content (AvgIpc) is 3.26. The minimum atomic E-state index is -1.06. The van der Waals surface area contributed by atoms with Gasteiger partial charge in [-0.2, -0.15) is 0 Å². The van der Waals surface area contributed by atoms with E-state index in [1.165, 1.54) is 17.7 Å². The van der Waals surface area contributed by atoms with E-state index in [2.05, 4.69) is 10.6 Å². The number of aliphatic carboxylic acids is 2. The van der Waals surface area contributed by atoms with Crippen molar-refractivity contribution in [2.75, 3.05) is 26.2 Å². The van der Waals surface area contributed by atoms with Gasteiger partial charge in [-0.1, -0.05) is 25.3 Å². The van der Waals surface area contributed by atoms with Crippen LogP contribution >= 0.6 is 11.3 Å². The molecule has 1 amide bonds. The Morgan fingerprint density at radius 2 is 1.97 bits per heavy atom. The molecule has 178 valence electrons. The normalized spacial score (nSPS) is 23.6. The molecule has 1 aromatic heterocycles. The fraction of sp³-hybridized carbons (Fsp3) is 0.696. The first kappa shape index (κ1) is 24.7. The van der Waals surface area contributed by atoms with Gasteiger partial charge in [-0.15, -0.1) is 11.3 Å². The molecule has 3 unspecified atom stereocenters. The Hall–Kier alpha value is -1.97. The number of unbranched alkanes of at least 4 members (excludes halogenated alkanes) is 1. The van der Waals surface area contributed by atoms with Gasteiger partial charge in [0.1, 0.15) is 12.6 Å². The number of carboxylic acid groups (broad SMARTS) is 2. The summed E-state index contributed by atoms with van der Waals surface area (Å²) in [5.41, 5.74) is 0. The molecule has 3 heterocycles. The summed E-state index contributed by atoms with van der Waals surface area (Å²) in [5, 5.41) is 27.4. The Morgan fingerprint density at radius 3 is 2.62 bits per heavy atom. The summed E-state index contributed by atoms with van der Waals surface area (Å²) >= 11 is 1.60. The van der Waals surface area contributed by atoms with Crippen LogP contribution in [-0.2, 0) is 14.4 Å². The quantitative estimate of drug-likeness (QED) is 0.371. The number of thiophene rings is 1. The lowest BCUT2D eigenvalue weighted by Crippen LogP contribution is -2.52. The molecule has 0 saturated carbocycles. The highest BCUT2D eigenvalue weighted by Crippen LogP contribution is 2.30. The Labute approximate surface area is 193 Å². The summed E-state index contributed by atoms with van der Waals surface area (Å²) in [4.78, 5) is 38.8. The van der Waals surface area contributed by atoms with Gasteiger partial charge in [0, 0.05) is 17.3 Å². The van der Waals surface area contributed by atoms with E-state index in [-0.39, 0.29) is 18.4 Å². The Morgan fingerprint density at radius 1 is 1.19 bits per heavy atom. The largest absolute Gasteiger partial charge is 0.480 e. The molecular formula is C23H35N3O5S. The molecule has 2 aliphatic heterocycles. The van der Waals surface area contributed by atoms with Crippen molar-refractivity contribution in [3.8, 4) is 0 Å². The lowest BCUT2D eigenvalue weighted by molar-refractivity contribution is -0.146. The predicted octanol–water partition coefficient (Wildman–Crippen LogP) is 2.51. The number of carbonyl (C=O) groups excluding carboxylic acids is 1. The van der Waals surface area contributed by atoms with Crippen LogP contribution in [0.25, 0.3) is 0 Å². The summed E-state index contributed by atoms with van der Waals surface area (Å²) in [6.07, 6.45) is 6.94. The van der Waals surface area contributed by atoms with Crippen molar-refractivity contribution in [3.05, 3.63) is 22.4 Å². The van der Waals surface area contributed by atoms with Crippen LogP contribution in [0.1, 0.15) is 62.2 Å². The van der Waals surface area contributed by atoms with Crippen molar-refractivity contribution in [1.82, 2.24) is 15.5 Å². The van der Waals surface area contributed by atoms with Gasteiger partial charge in [-0.05, 0) is 62.6 Å². The fourth-order valence-electron chi connectivity index (χ4n) is 4.85. The molecule has 2 fully saturated rings. The first-order chi connectivity index (χ1) is 15.4. The van der Waals surface area contributed by atoms with Gasteiger partial charge in [0.05, 0.1) is 6.04 Å². The number of carboxylic acids is 2. The van der Waals surface area contributed by atoms with E-state index >= 15 is 0 Å². The zero-order chi connectivity index (χ0) is 22.9. The lowest BCUT2D eigenvalue weighted by Gasteiger charge is -2.26. The molecule has 1 aromatic rings. The molecule has 0 aliphatic carbocycles. The molecule has 0 bridgehead atoms. The molecule has 0 spiro atoms. The fourth-order valence-corrected chi connectivity index (χ4v) is 5.70. The highest BCUT2D eigenvalue weighted by Gasteiger charge is 2.35. The van der Waals surface area contributed by atoms with E-state index in [0.717, 1.165) is 43.1 Å². The minimum Gasteiger partial charge on any atom is -0.480 e. The van der Waals surface area contributed by atoms with Crippen LogP contribution in [0, 0.1) is 5.92 Å². The number of rotatable bonds is 11. The Balaban J connectivity index is 1.57. The third kappa shape index (κ3) is 7.28. The molecule has 0 aromatic carbocycles. The molecular weight excluding hydrogens is 430 g/mol. The van der Waals surface area contributed by atoms with Crippen molar-refractivity contribution >= 4 is 29.2 Å². The maximum Gasteiger partial charge on any atom is 0.323 e. The molecule has 3 atom stereocenters. The second kappa shape index (κ2) is 12.3. The van der Waals surface area contributed by atoms with E-state index in [1.807, 2.05) is 17.5 Å². The number of piperidine rings is 1. The van der Waals surface area contributed by atoms with Crippen LogP contribution < -0.4 is 10.6 Å². The lowest BCUT2D eigenvalue weighted by atomic mass is 9.91. The maximum absolute atomic E-state index is 13.1. The SMILES string of the molecule is O=C(O)CN1CC(c2cccs2)CCC(NC(CCCCC2CCNCC2)C(=O)O)C1=O. The number of nitrogens with one attached hydrogen (secondary N) is 2. The van der Waals surface area contributed by atoms with E-state index in [4.69, 9.17) is 0 Å². The number of nitrogens with zero attached hydrogens (tertiary/aromatic N) is 1. The van der Waals surface area contributed by atoms with Gasteiger partial charge in [0.2, 0.25) is 5.91 Å². The molecule has 0 radical (unpaired) electrons. The first-order valence-corrected chi connectivity index (χ1v) is 12.6. The number of hydrogen-bond acceptors (Lipinski definition) is 6. The highest BCUT2D eigenvalue weighted by atomic mass is 32.1.